The lowest BCUT2D eigenvalue weighted by atomic mass is 9.89. The zero-order valence-electron chi connectivity index (χ0n) is 20.2. The summed E-state index contributed by atoms with van der Waals surface area (Å²) < 4.78 is 44.4. The van der Waals surface area contributed by atoms with Crippen LogP contribution in [0.4, 0.5) is 13.2 Å². The maximum atomic E-state index is 12.8. The number of nitrogens with zero attached hydrogens (tertiary/aromatic N) is 3. The van der Waals surface area contributed by atoms with Gasteiger partial charge in [-0.2, -0.15) is 13.2 Å². The number of halogens is 4. The van der Waals surface area contributed by atoms with Gasteiger partial charge in [-0.1, -0.05) is 24.3 Å². The molecule has 2 saturated heterocycles. The number of hydrogen-bond donors (Lipinski definition) is 0. The van der Waals surface area contributed by atoms with E-state index in [2.05, 4.69) is 22.0 Å². The van der Waals surface area contributed by atoms with E-state index in [1.165, 1.54) is 11.6 Å². The highest BCUT2D eigenvalue weighted by atomic mass is 35.5. The van der Waals surface area contributed by atoms with Gasteiger partial charge in [-0.3, -0.25) is 14.6 Å². The van der Waals surface area contributed by atoms with Gasteiger partial charge in [0.05, 0.1) is 29.9 Å². The summed E-state index contributed by atoms with van der Waals surface area (Å²) in [7, 11) is 0. The number of alkyl halides is 3. The number of carbonyl (C=O) groups excluding carboxylic acids is 2. The fourth-order valence-electron chi connectivity index (χ4n) is 4.77. The van der Waals surface area contributed by atoms with E-state index in [1.54, 1.807) is 11.8 Å². The number of benzene rings is 1. The van der Waals surface area contributed by atoms with Crippen molar-refractivity contribution in [3.05, 3.63) is 65.0 Å². The minimum Gasteiger partial charge on any atom is -0.363 e. The molecule has 196 valence electrons. The lowest BCUT2D eigenvalue weighted by molar-refractivity contribution is -0.172. The molecule has 0 aliphatic carbocycles. The Morgan fingerprint density at radius 1 is 1.14 bits per heavy atom. The summed E-state index contributed by atoms with van der Waals surface area (Å²) >= 11 is 0. The normalized spacial score (nSPS) is 18.2. The molecule has 6 nitrogen and oxygen atoms in total. The van der Waals surface area contributed by atoms with Crippen molar-refractivity contribution < 1.29 is 27.5 Å². The van der Waals surface area contributed by atoms with E-state index in [-0.39, 0.29) is 37.2 Å². The molecule has 0 atom stereocenters. The van der Waals surface area contributed by atoms with Gasteiger partial charge in [-0.15, -0.1) is 12.4 Å². The number of morpholine rings is 1. The number of Topliss-reactive ketones (excluding diaryl/α,β-unsaturated/α-hetero) is 1. The first-order valence-corrected chi connectivity index (χ1v) is 11.9. The first-order valence-electron chi connectivity index (χ1n) is 11.9. The molecule has 1 aromatic carbocycles. The number of pyridine rings is 1. The summed E-state index contributed by atoms with van der Waals surface area (Å²) in [5.74, 6) is -0.0252. The van der Waals surface area contributed by atoms with Crippen molar-refractivity contribution in [2.75, 3.05) is 32.8 Å². The number of aromatic nitrogens is 1. The van der Waals surface area contributed by atoms with Crippen molar-refractivity contribution in [2.24, 2.45) is 0 Å². The number of hydrogen-bond acceptors (Lipinski definition) is 5. The van der Waals surface area contributed by atoms with Crippen LogP contribution in [0, 0.1) is 0 Å². The molecule has 0 bridgehead atoms. The Kier molecular flexibility index (Phi) is 9.13. The average Bonchev–Trinajstić information content (AvgIpc) is 2.81. The van der Waals surface area contributed by atoms with E-state index in [1.807, 2.05) is 12.1 Å². The molecular formula is C26H31ClF3N3O3. The summed E-state index contributed by atoms with van der Waals surface area (Å²) in [5, 5.41) is 0. The molecule has 2 aromatic rings. The van der Waals surface area contributed by atoms with Gasteiger partial charge < -0.3 is 14.5 Å². The predicted octanol–water partition coefficient (Wildman–Crippen LogP) is 4.09. The fourth-order valence-corrected chi connectivity index (χ4v) is 4.77. The molecule has 0 unspecified atom stereocenters. The standard InChI is InChI=1S/C26H30F3N3O3.ClH/c1-19(33)13-21-4-2-3-20(14-21)7-10-31-11-8-25(9-12-31)18-32(24(34)17-35-25)16-23-6-5-22(15-30-23)26(27,28)29;/h2-6,14-15H,7-13,16-18H2,1H3;1H. The van der Waals surface area contributed by atoms with Gasteiger partial charge in [0, 0.05) is 32.3 Å². The van der Waals surface area contributed by atoms with Gasteiger partial charge in [0.2, 0.25) is 5.91 Å². The highest BCUT2D eigenvalue weighted by Gasteiger charge is 2.42. The monoisotopic (exact) mass is 525 g/mol. The first-order chi connectivity index (χ1) is 16.6. The van der Waals surface area contributed by atoms with Crippen molar-refractivity contribution in [1.29, 1.82) is 0 Å². The van der Waals surface area contributed by atoms with Crippen molar-refractivity contribution in [1.82, 2.24) is 14.8 Å². The van der Waals surface area contributed by atoms with Gasteiger partial charge in [0.15, 0.2) is 0 Å². The largest absolute Gasteiger partial charge is 0.417 e. The minimum atomic E-state index is -4.43. The summed E-state index contributed by atoms with van der Waals surface area (Å²) in [4.78, 5) is 31.8. The van der Waals surface area contributed by atoms with Crippen LogP contribution in [0.3, 0.4) is 0 Å². The SMILES string of the molecule is CC(=O)Cc1cccc(CCN2CCC3(CC2)CN(Cc2ccc(C(F)(F)F)cn2)C(=O)CO3)c1.Cl. The Morgan fingerprint density at radius 3 is 2.50 bits per heavy atom. The molecule has 0 saturated carbocycles. The van der Waals surface area contributed by atoms with E-state index in [0.717, 1.165) is 56.7 Å². The number of ether oxygens (including phenoxy) is 1. The van der Waals surface area contributed by atoms with E-state index in [9.17, 15) is 22.8 Å². The van der Waals surface area contributed by atoms with Crippen molar-refractivity contribution in [3.63, 3.8) is 0 Å². The maximum absolute atomic E-state index is 12.8. The Bertz CT molecular complexity index is 1050. The Morgan fingerprint density at radius 2 is 1.86 bits per heavy atom. The second-order valence-corrected chi connectivity index (χ2v) is 9.55. The highest BCUT2D eigenvalue weighted by molar-refractivity contribution is 5.85. The third-order valence-electron chi connectivity index (χ3n) is 6.77. The first kappa shape index (κ1) is 28.1. The quantitative estimate of drug-likeness (QED) is 0.545. The Balaban J connectivity index is 0.00000361. The molecule has 10 heteroatoms. The molecule has 1 aromatic heterocycles. The van der Waals surface area contributed by atoms with Crippen molar-refractivity contribution >= 4 is 24.1 Å². The summed E-state index contributed by atoms with van der Waals surface area (Å²) in [6.07, 6.45) is -0.721. The zero-order valence-corrected chi connectivity index (χ0v) is 21.0. The number of rotatable bonds is 7. The van der Waals surface area contributed by atoms with E-state index in [0.29, 0.717) is 18.7 Å². The second-order valence-electron chi connectivity index (χ2n) is 9.55. The number of ketones is 1. The molecule has 2 aliphatic rings. The molecule has 1 amide bonds. The van der Waals surface area contributed by atoms with Crippen LogP contribution in [0.15, 0.2) is 42.6 Å². The van der Waals surface area contributed by atoms with Crippen LogP contribution in [0.5, 0.6) is 0 Å². The molecule has 0 N–H and O–H groups in total. The second kappa shape index (κ2) is 11.7. The Hall–Kier alpha value is -2.49. The van der Waals surface area contributed by atoms with E-state index in [4.69, 9.17) is 4.74 Å². The van der Waals surface area contributed by atoms with Crippen LogP contribution in [-0.2, 0) is 39.9 Å². The summed E-state index contributed by atoms with van der Waals surface area (Å²) in [6, 6.07) is 10.5. The van der Waals surface area contributed by atoms with E-state index >= 15 is 0 Å². The third-order valence-corrected chi connectivity index (χ3v) is 6.77. The minimum absolute atomic E-state index is 0. The van der Waals surface area contributed by atoms with Gasteiger partial charge in [0.1, 0.15) is 12.4 Å². The molecule has 4 rings (SSSR count). The highest BCUT2D eigenvalue weighted by Crippen LogP contribution is 2.32. The fraction of sp³-hybridized carbons (Fsp3) is 0.500. The third kappa shape index (κ3) is 7.27. The number of amides is 1. The molecule has 3 heterocycles. The number of piperidine rings is 1. The summed E-state index contributed by atoms with van der Waals surface area (Å²) in [5.41, 5.74) is 1.43. The Labute approximate surface area is 215 Å². The topological polar surface area (TPSA) is 62.7 Å². The van der Waals surface area contributed by atoms with E-state index < -0.39 is 17.3 Å². The van der Waals surface area contributed by atoms with Crippen molar-refractivity contribution in [3.8, 4) is 0 Å². The lowest BCUT2D eigenvalue weighted by Gasteiger charge is -2.47. The van der Waals surface area contributed by atoms with Gasteiger partial charge in [-0.05, 0) is 49.4 Å². The average molecular weight is 526 g/mol. The van der Waals surface area contributed by atoms with Crippen LogP contribution in [0.2, 0.25) is 0 Å². The zero-order chi connectivity index (χ0) is 25.1. The maximum Gasteiger partial charge on any atom is 0.417 e. The molecule has 2 aliphatic heterocycles. The predicted molar refractivity (Wildman–Crippen MR) is 131 cm³/mol. The molecular weight excluding hydrogens is 495 g/mol. The van der Waals surface area contributed by atoms with Crippen LogP contribution < -0.4 is 0 Å². The summed E-state index contributed by atoms with van der Waals surface area (Å²) in [6.45, 7) is 4.73. The van der Waals surface area contributed by atoms with Crippen molar-refractivity contribution in [2.45, 2.75) is 50.9 Å². The molecule has 0 radical (unpaired) electrons. The number of likely N-dealkylation sites (tertiary alicyclic amines) is 1. The molecule has 36 heavy (non-hydrogen) atoms. The van der Waals surface area contributed by atoms with Gasteiger partial charge in [-0.25, -0.2) is 0 Å². The van der Waals surface area contributed by atoms with Gasteiger partial charge >= 0.3 is 6.18 Å². The number of carbonyl (C=O) groups is 2. The van der Waals surface area contributed by atoms with Gasteiger partial charge in [0.25, 0.3) is 0 Å². The van der Waals surface area contributed by atoms with Crippen LogP contribution >= 0.6 is 12.4 Å². The van der Waals surface area contributed by atoms with Crippen LogP contribution in [0.25, 0.3) is 0 Å². The van der Waals surface area contributed by atoms with Crippen LogP contribution in [-0.4, -0.2) is 64.9 Å². The van der Waals surface area contributed by atoms with Crippen LogP contribution in [0.1, 0.15) is 42.1 Å². The molecule has 1 spiro atoms. The lowest BCUT2D eigenvalue weighted by Crippen LogP contribution is -2.58. The molecule has 2 fully saturated rings. The smallest absolute Gasteiger partial charge is 0.363 e.